The van der Waals surface area contributed by atoms with Gasteiger partial charge in [0.15, 0.2) is 0 Å². The van der Waals surface area contributed by atoms with Crippen molar-refractivity contribution in [3.63, 3.8) is 0 Å². The van der Waals surface area contributed by atoms with E-state index in [2.05, 4.69) is 30.0 Å². The lowest BCUT2D eigenvalue weighted by Gasteiger charge is -1.97. The highest BCUT2D eigenvalue weighted by molar-refractivity contribution is 7.94. The second-order valence-corrected chi connectivity index (χ2v) is 4.38. The molecular weight excluding hydrogens is 140 g/mol. The van der Waals surface area contributed by atoms with Crippen molar-refractivity contribution in [2.45, 2.75) is 0 Å². The number of hydrogen-bond donors (Lipinski definition) is 0. The molecule has 0 aromatic heterocycles. The van der Waals surface area contributed by atoms with Crippen LogP contribution < -0.4 is 0 Å². The zero-order valence-electron chi connectivity index (χ0n) is 6.33. The van der Waals surface area contributed by atoms with Crippen LogP contribution in [-0.2, 0) is 10.5 Å². The Morgan fingerprint density at radius 3 is 2.20 bits per heavy atom. The maximum absolute atomic E-state index is 3.37. The molecule has 0 saturated heterocycles. The van der Waals surface area contributed by atoms with Gasteiger partial charge in [0.05, 0.1) is 12.5 Å². The van der Waals surface area contributed by atoms with Gasteiger partial charge in [0, 0.05) is 5.37 Å². The van der Waals surface area contributed by atoms with Crippen molar-refractivity contribution in [1.29, 1.82) is 0 Å². The Kier molecular flexibility index (Phi) is 2.69. The summed E-state index contributed by atoms with van der Waals surface area (Å²) in [4.78, 5) is 0. The van der Waals surface area contributed by atoms with Gasteiger partial charge in [-0.25, -0.2) is 0 Å². The molecule has 10 heavy (non-hydrogen) atoms. The Morgan fingerprint density at radius 1 is 1.10 bits per heavy atom. The van der Waals surface area contributed by atoms with E-state index in [0.717, 1.165) is 0 Å². The van der Waals surface area contributed by atoms with Crippen molar-refractivity contribution in [1.82, 2.24) is 0 Å². The lowest BCUT2D eigenvalue weighted by atomic mass is 10.2. The molecule has 0 unspecified atom stereocenters. The molecule has 0 amide bonds. The van der Waals surface area contributed by atoms with Crippen molar-refractivity contribution < 1.29 is 0 Å². The molecule has 1 aromatic carbocycles. The minimum atomic E-state index is -0.0267. The van der Waals surface area contributed by atoms with E-state index in [1.165, 1.54) is 5.56 Å². The molecule has 0 aliphatic heterocycles. The number of rotatable bonds is 1. The highest BCUT2D eigenvalue weighted by atomic mass is 32.2. The smallest absolute Gasteiger partial charge is 0.0524 e. The summed E-state index contributed by atoms with van der Waals surface area (Å²) < 4.78 is 0. The van der Waals surface area contributed by atoms with Gasteiger partial charge < -0.3 is 0 Å². The molecule has 0 spiro atoms. The lowest BCUT2D eigenvalue weighted by Crippen LogP contribution is -1.88. The van der Waals surface area contributed by atoms with Crippen LogP contribution in [0.4, 0.5) is 0 Å². The van der Waals surface area contributed by atoms with Gasteiger partial charge in [0.1, 0.15) is 0 Å². The van der Waals surface area contributed by atoms with E-state index in [-0.39, 0.29) is 10.5 Å². The average Bonchev–Trinajstić information content (AvgIpc) is 1.88. The van der Waals surface area contributed by atoms with Crippen LogP contribution in [0.2, 0.25) is 0 Å². The van der Waals surface area contributed by atoms with Gasteiger partial charge in [-0.05, 0) is 0 Å². The maximum Gasteiger partial charge on any atom is 0.0524 e. The third-order valence-electron chi connectivity index (χ3n) is 1.13. The number of thiol groups is 1. The van der Waals surface area contributed by atoms with Crippen molar-refractivity contribution >= 4 is 15.9 Å². The van der Waals surface area contributed by atoms with Crippen LogP contribution in [0.25, 0.3) is 0 Å². The first kappa shape index (κ1) is 7.55. The minimum absolute atomic E-state index is 0.0267. The van der Waals surface area contributed by atoms with Crippen molar-refractivity contribution in [3.8, 4) is 0 Å². The summed E-state index contributed by atoms with van der Waals surface area (Å²) in [6, 6.07) is 10.3. The zero-order valence-corrected chi connectivity index (χ0v) is 7.23. The van der Waals surface area contributed by atoms with Crippen molar-refractivity contribution in [3.05, 3.63) is 35.9 Å². The van der Waals surface area contributed by atoms with E-state index in [1.54, 1.807) is 0 Å². The van der Waals surface area contributed by atoms with Gasteiger partial charge in [-0.1, -0.05) is 6.07 Å². The summed E-state index contributed by atoms with van der Waals surface area (Å²) in [6.45, 7) is 0. The molecule has 1 heteroatoms. The van der Waals surface area contributed by atoms with Gasteiger partial charge in [0.2, 0.25) is 0 Å². The standard InChI is InChI=1S/C9H12S/c1-10(2)8-9-6-4-3-5-7-9/h3-7,10H,1-2H3. The topological polar surface area (TPSA) is 0 Å². The zero-order chi connectivity index (χ0) is 7.40. The molecule has 1 rings (SSSR count). The minimum Gasteiger partial charge on any atom is -0.193 e. The third kappa shape index (κ3) is 2.36. The SMILES string of the molecule is C[SH+](C)=[C-]c1ccccc1. The fraction of sp³-hybridized carbons (Fsp3) is 0.222. The largest absolute Gasteiger partial charge is 0.193 e. The first-order valence-electron chi connectivity index (χ1n) is 3.28. The first-order valence-corrected chi connectivity index (χ1v) is 5.51. The maximum atomic E-state index is 3.37. The second kappa shape index (κ2) is 3.57. The van der Waals surface area contributed by atoms with E-state index in [9.17, 15) is 0 Å². The molecule has 0 fully saturated rings. The first-order chi connectivity index (χ1) is 4.79. The Morgan fingerprint density at radius 2 is 1.70 bits per heavy atom. The molecule has 0 saturated carbocycles. The van der Waals surface area contributed by atoms with Crippen molar-refractivity contribution in [2.75, 3.05) is 12.5 Å². The number of benzene rings is 1. The van der Waals surface area contributed by atoms with E-state index in [4.69, 9.17) is 0 Å². The van der Waals surface area contributed by atoms with Gasteiger partial charge in [-0.2, -0.15) is 22.6 Å². The molecule has 0 aliphatic carbocycles. The summed E-state index contributed by atoms with van der Waals surface area (Å²) in [5.74, 6) is 0. The molecule has 0 N–H and O–H groups in total. The van der Waals surface area contributed by atoms with Crippen LogP contribution in [-0.4, -0.2) is 17.9 Å². The summed E-state index contributed by atoms with van der Waals surface area (Å²) in [5, 5.41) is 3.37. The Labute approximate surface area is 64.8 Å². The molecule has 54 valence electrons. The van der Waals surface area contributed by atoms with Gasteiger partial charge in [0.25, 0.3) is 0 Å². The summed E-state index contributed by atoms with van der Waals surface area (Å²) in [7, 11) is -0.0267. The Balaban J connectivity index is 2.87. The monoisotopic (exact) mass is 152 g/mol. The van der Waals surface area contributed by atoms with Gasteiger partial charge >= 0.3 is 0 Å². The second-order valence-electron chi connectivity index (χ2n) is 2.37. The Bertz CT molecular complexity index is 220. The Hall–Kier alpha value is -0.560. The van der Waals surface area contributed by atoms with Crippen LogP contribution in [0.15, 0.2) is 30.3 Å². The van der Waals surface area contributed by atoms with E-state index in [0.29, 0.717) is 0 Å². The van der Waals surface area contributed by atoms with Gasteiger partial charge in [-0.3, -0.25) is 0 Å². The predicted molar refractivity (Wildman–Crippen MR) is 51.2 cm³/mol. The molecule has 0 radical (unpaired) electrons. The van der Waals surface area contributed by atoms with Crippen LogP contribution in [0.5, 0.6) is 0 Å². The van der Waals surface area contributed by atoms with E-state index >= 15 is 0 Å². The lowest BCUT2D eigenvalue weighted by molar-refractivity contribution is 1.69. The van der Waals surface area contributed by atoms with Crippen LogP contribution in [0, 0.1) is 0 Å². The van der Waals surface area contributed by atoms with Crippen molar-refractivity contribution in [2.24, 2.45) is 0 Å². The van der Waals surface area contributed by atoms with Crippen LogP contribution >= 0.6 is 0 Å². The summed E-state index contributed by atoms with van der Waals surface area (Å²) in [6.07, 6.45) is 4.39. The molecule has 0 atom stereocenters. The fourth-order valence-corrected chi connectivity index (χ4v) is 1.44. The fourth-order valence-electron chi connectivity index (χ4n) is 0.771. The molecule has 1 aromatic rings. The third-order valence-corrected chi connectivity index (χ3v) is 1.83. The van der Waals surface area contributed by atoms with Crippen LogP contribution in [0.3, 0.4) is 0 Å². The van der Waals surface area contributed by atoms with Crippen LogP contribution in [0.1, 0.15) is 5.56 Å². The molecule has 0 bridgehead atoms. The highest BCUT2D eigenvalue weighted by Gasteiger charge is 1.76. The van der Waals surface area contributed by atoms with E-state index < -0.39 is 0 Å². The predicted octanol–water partition coefficient (Wildman–Crippen LogP) is 1.32. The van der Waals surface area contributed by atoms with E-state index in [1.807, 2.05) is 18.2 Å². The number of hydrogen-bond acceptors (Lipinski definition) is 0. The quantitative estimate of drug-likeness (QED) is 0.246. The molecule has 0 aliphatic rings. The molecule has 0 nitrogen and oxygen atoms in total. The normalized spacial score (nSPS) is 9.90. The summed E-state index contributed by atoms with van der Waals surface area (Å²) >= 11 is 0. The average molecular weight is 152 g/mol. The van der Waals surface area contributed by atoms with Gasteiger partial charge in [-0.15, -0.1) is 17.7 Å². The highest BCUT2D eigenvalue weighted by Crippen LogP contribution is 1.93. The molecule has 0 heterocycles. The summed E-state index contributed by atoms with van der Waals surface area (Å²) in [5.41, 5.74) is 1.22. The molecular formula is C9H12S.